The zero-order chi connectivity index (χ0) is 6.85. The topological polar surface area (TPSA) is 25.8 Å². The fourth-order valence-electron chi connectivity index (χ4n) is 0.329. The summed E-state index contributed by atoms with van der Waals surface area (Å²) in [6, 6.07) is 0. The third-order valence-corrected chi connectivity index (χ3v) is 1.83. The van der Waals surface area contributed by atoms with Crippen LogP contribution in [-0.4, -0.2) is 9.97 Å². The van der Waals surface area contributed by atoms with Crippen molar-refractivity contribution in [2.75, 3.05) is 0 Å². The molecule has 2 nitrogen and oxygen atoms in total. The van der Waals surface area contributed by atoms with Crippen LogP contribution in [0, 0.1) is 0 Å². The van der Waals surface area contributed by atoms with Crippen molar-refractivity contribution in [3.63, 3.8) is 0 Å². The first-order chi connectivity index (χ1) is 4.22. The minimum Gasteiger partial charge on any atom is -0.223 e. The second kappa shape index (κ2) is 2.69. The second-order valence-corrected chi connectivity index (χ2v) is 2.36. The predicted molar refractivity (Wildman–Crippen MR) is 37.1 cm³/mol. The van der Waals surface area contributed by atoms with Crippen molar-refractivity contribution < 1.29 is 0 Å². The molecule has 48 valence electrons. The Labute approximate surface area is 66.8 Å². The molecule has 5 heteroatoms. The Hall–Kier alpha value is -0.0500. The maximum absolute atomic E-state index is 5.49. The van der Waals surface area contributed by atoms with Crippen molar-refractivity contribution in [2.24, 2.45) is 0 Å². The van der Waals surface area contributed by atoms with Gasteiger partial charge in [-0.3, -0.25) is 0 Å². The monoisotopic (exact) mass is 182 g/mol. The van der Waals surface area contributed by atoms with Gasteiger partial charge in [0.15, 0.2) is 10.3 Å². The average Bonchev–Trinajstić information content (AvgIpc) is 1.83. The van der Waals surface area contributed by atoms with E-state index in [1.165, 1.54) is 6.33 Å². The molecule has 0 radical (unpaired) electrons. The van der Waals surface area contributed by atoms with Crippen LogP contribution in [0.4, 0.5) is 0 Å². The molecule has 0 saturated heterocycles. The highest BCUT2D eigenvalue weighted by Crippen LogP contribution is 2.24. The molecule has 0 aliphatic heterocycles. The van der Waals surface area contributed by atoms with Crippen molar-refractivity contribution in [3.8, 4) is 0 Å². The van der Waals surface area contributed by atoms with Crippen LogP contribution in [0.2, 0.25) is 15.3 Å². The first-order valence-electron chi connectivity index (χ1n) is 2.03. The molecule has 0 unspecified atom stereocenters. The van der Waals surface area contributed by atoms with Crippen LogP contribution in [0.25, 0.3) is 0 Å². The SMILES string of the molecule is Clc1ncnc(Cl)c1Cl. The molecule has 9 heavy (non-hydrogen) atoms. The Balaban J connectivity index is 3.25. The molecule has 0 bridgehead atoms. The van der Waals surface area contributed by atoms with Gasteiger partial charge in [-0.2, -0.15) is 0 Å². The number of hydrogen-bond donors (Lipinski definition) is 0. The summed E-state index contributed by atoms with van der Waals surface area (Å²) in [4.78, 5) is 7.15. The van der Waals surface area contributed by atoms with Crippen LogP contribution >= 0.6 is 34.8 Å². The van der Waals surface area contributed by atoms with Crippen molar-refractivity contribution in [1.29, 1.82) is 0 Å². The zero-order valence-electron chi connectivity index (χ0n) is 4.11. The van der Waals surface area contributed by atoms with Gasteiger partial charge in [0.2, 0.25) is 0 Å². The molecule has 1 heterocycles. The van der Waals surface area contributed by atoms with Gasteiger partial charge in [-0.15, -0.1) is 0 Å². The average molecular weight is 183 g/mol. The lowest BCUT2D eigenvalue weighted by atomic mass is 10.7. The molecule has 1 rings (SSSR count). The summed E-state index contributed by atoms with van der Waals surface area (Å²) in [6.07, 6.45) is 1.25. The van der Waals surface area contributed by atoms with E-state index in [0.717, 1.165) is 0 Å². The quantitative estimate of drug-likeness (QED) is 0.577. The number of nitrogens with zero attached hydrogens (tertiary/aromatic N) is 2. The summed E-state index contributed by atoms with van der Waals surface area (Å²) in [6.45, 7) is 0. The van der Waals surface area contributed by atoms with Gasteiger partial charge in [-0.25, -0.2) is 9.97 Å². The van der Waals surface area contributed by atoms with Crippen LogP contribution in [0.15, 0.2) is 6.33 Å². The largest absolute Gasteiger partial charge is 0.223 e. The number of hydrogen-bond acceptors (Lipinski definition) is 2. The lowest BCUT2D eigenvalue weighted by Crippen LogP contribution is -1.80. The fourth-order valence-corrected chi connectivity index (χ4v) is 0.741. The molecule has 0 saturated carbocycles. The Bertz CT molecular complexity index is 205. The van der Waals surface area contributed by atoms with Crippen LogP contribution < -0.4 is 0 Å². The van der Waals surface area contributed by atoms with Crippen molar-refractivity contribution in [1.82, 2.24) is 9.97 Å². The number of aromatic nitrogens is 2. The maximum atomic E-state index is 5.49. The van der Waals surface area contributed by atoms with E-state index < -0.39 is 0 Å². The van der Waals surface area contributed by atoms with Gasteiger partial charge in [-0.05, 0) is 0 Å². The minimum atomic E-state index is 0.177. The molecule has 1 aromatic heterocycles. The van der Waals surface area contributed by atoms with E-state index in [0.29, 0.717) is 0 Å². The third kappa shape index (κ3) is 1.45. The highest BCUT2D eigenvalue weighted by atomic mass is 35.5. The summed E-state index contributed by atoms with van der Waals surface area (Å²) in [5.41, 5.74) is 0. The van der Waals surface area contributed by atoms with Crippen LogP contribution in [0.1, 0.15) is 0 Å². The summed E-state index contributed by atoms with van der Waals surface area (Å²) in [5, 5.41) is 0.550. The summed E-state index contributed by atoms with van der Waals surface area (Å²) in [7, 11) is 0. The number of halogens is 3. The van der Waals surface area contributed by atoms with Gasteiger partial charge in [0.25, 0.3) is 0 Å². The standard InChI is InChI=1S/C4HCl3N2/c5-2-3(6)8-1-9-4(2)7/h1H. The van der Waals surface area contributed by atoms with Crippen molar-refractivity contribution >= 4 is 34.8 Å². The molecule has 0 fully saturated rings. The molecule has 0 N–H and O–H groups in total. The Morgan fingerprint density at radius 2 is 1.44 bits per heavy atom. The van der Waals surface area contributed by atoms with E-state index in [1.54, 1.807) is 0 Å². The normalized spacial score (nSPS) is 9.67. The molecular formula is C4HCl3N2. The molecule has 0 aliphatic rings. The van der Waals surface area contributed by atoms with Gasteiger partial charge >= 0.3 is 0 Å². The van der Waals surface area contributed by atoms with Crippen LogP contribution in [0.5, 0.6) is 0 Å². The molecule has 0 amide bonds. The van der Waals surface area contributed by atoms with E-state index in [9.17, 15) is 0 Å². The molecule has 1 aromatic rings. The van der Waals surface area contributed by atoms with Crippen LogP contribution in [-0.2, 0) is 0 Å². The maximum Gasteiger partial charge on any atom is 0.152 e. The fraction of sp³-hybridized carbons (Fsp3) is 0. The van der Waals surface area contributed by atoms with E-state index >= 15 is 0 Å². The predicted octanol–water partition coefficient (Wildman–Crippen LogP) is 2.44. The third-order valence-electron chi connectivity index (χ3n) is 0.704. The van der Waals surface area contributed by atoms with E-state index in [1.807, 2.05) is 0 Å². The molecule has 0 aliphatic carbocycles. The highest BCUT2D eigenvalue weighted by molar-refractivity contribution is 6.46. The Morgan fingerprint density at radius 1 is 1.00 bits per heavy atom. The molecule has 0 aromatic carbocycles. The lowest BCUT2D eigenvalue weighted by molar-refractivity contribution is 1.17. The van der Waals surface area contributed by atoms with Gasteiger partial charge in [0.1, 0.15) is 11.3 Å². The zero-order valence-corrected chi connectivity index (χ0v) is 6.37. The summed E-state index contributed by atoms with van der Waals surface area (Å²) < 4.78 is 0. The van der Waals surface area contributed by atoms with E-state index in [2.05, 4.69) is 9.97 Å². The minimum absolute atomic E-state index is 0.177. The Morgan fingerprint density at radius 3 is 1.78 bits per heavy atom. The smallest absolute Gasteiger partial charge is 0.152 e. The first-order valence-corrected chi connectivity index (χ1v) is 3.16. The Kier molecular flexibility index (Phi) is 2.11. The van der Waals surface area contributed by atoms with Crippen molar-refractivity contribution in [2.45, 2.75) is 0 Å². The van der Waals surface area contributed by atoms with E-state index in [-0.39, 0.29) is 15.3 Å². The van der Waals surface area contributed by atoms with Gasteiger partial charge in [-0.1, -0.05) is 34.8 Å². The van der Waals surface area contributed by atoms with Gasteiger partial charge in [0.05, 0.1) is 0 Å². The molecule has 0 spiro atoms. The second-order valence-electron chi connectivity index (χ2n) is 1.27. The van der Waals surface area contributed by atoms with Gasteiger partial charge in [0, 0.05) is 0 Å². The summed E-state index contributed by atoms with van der Waals surface area (Å²) in [5.74, 6) is 0. The van der Waals surface area contributed by atoms with Crippen molar-refractivity contribution in [3.05, 3.63) is 21.7 Å². The summed E-state index contributed by atoms with van der Waals surface area (Å²) >= 11 is 16.4. The highest BCUT2D eigenvalue weighted by Gasteiger charge is 2.02. The molecular weight excluding hydrogens is 182 g/mol. The van der Waals surface area contributed by atoms with E-state index in [4.69, 9.17) is 34.8 Å². The van der Waals surface area contributed by atoms with Gasteiger partial charge < -0.3 is 0 Å². The first kappa shape index (κ1) is 7.06. The number of rotatable bonds is 0. The molecule has 0 atom stereocenters. The lowest BCUT2D eigenvalue weighted by Gasteiger charge is -1.92. The van der Waals surface area contributed by atoms with Crippen LogP contribution in [0.3, 0.4) is 0 Å².